The molecule has 0 saturated heterocycles. The van der Waals surface area contributed by atoms with E-state index in [9.17, 15) is 9.18 Å². The molecule has 1 aromatic carbocycles. The minimum atomic E-state index is -1.31. The van der Waals surface area contributed by atoms with Gasteiger partial charge in [0.15, 0.2) is 0 Å². The molecule has 1 aliphatic carbocycles. The van der Waals surface area contributed by atoms with Gasteiger partial charge in [0.1, 0.15) is 5.82 Å². The number of nitrogens with two attached hydrogens (primary N) is 1. The summed E-state index contributed by atoms with van der Waals surface area (Å²) in [5.41, 5.74) is 6.13. The predicted molar refractivity (Wildman–Crippen MR) is 68.3 cm³/mol. The lowest BCUT2D eigenvalue weighted by Gasteiger charge is -2.43. The van der Waals surface area contributed by atoms with E-state index in [0.29, 0.717) is 5.69 Å². The van der Waals surface area contributed by atoms with Crippen molar-refractivity contribution in [1.82, 2.24) is 0 Å². The van der Waals surface area contributed by atoms with Gasteiger partial charge in [-0.3, -0.25) is 0 Å². The van der Waals surface area contributed by atoms with Crippen LogP contribution in [0, 0.1) is 5.82 Å². The fourth-order valence-electron chi connectivity index (χ4n) is 2.32. The van der Waals surface area contributed by atoms with Crippen molar-refractivity contribution in [3.05, 3.63) is 23.5 Å². The van der Waals surface area contributed by atoms with Crippen molar-refractivity contribution in [1.29, 1.82) is 0 Å². The molecule has 1 fully saturated rings. The van der Waals surface area contributed by atoms with E-state index in [0.717, 1.165) is 25.7 Å². The second-order valence-corrected chi connectivity index (χ2v) is 4.84. The Morgan fingerprint density at radius 1 is 1.56 bits per heavy atom. The first-order valence-corrected chi connectivity index (χ1v) is 6.08. The van der Waals surface area contributed by atoms with Crippen LogP contribution < -0.4 is 11.1 Å². The lowest BCUT2D eigenvalue weighted by molar-refractivity contribution is 0.0692. The number of carboxylic acids is 1. The van der Waals surface area contributed by atoms with Gasteiger partial charge in [0.05, 0.1) is 16.9 Å². The Morgan fingerprint density at radius 3 is 2.67 bits per heavy atom. The number of aromatic carboxylic acids is 1. The molecule has 5 heteroatoms. The molecule has 0 aliphatic heterocycles. The molecule has 4 N–H and O–H groups in total. The van der Waals surface area contributed by atoms with Crippen molar-refractivity contribution in [2.75, 3.05) is 11.1 Å². The van der Waals surface area contributed by atoms with Gasteiger partial charge in [-0.1, -0.05) is 6.92 Å². The lowest BCUT2D eigenvalue weighted by Crippen LogP contribution is -2.44. The first-order valence-electron chi connectivity index (χ1n) is 6.08. The Kier molecular flexibility index (Phi) is 3.15. The summed E-state index contributed by atoms with van der Waals surface area (Å²) in [6, 6.07) is 2.34. The summed E-state index contributed by atoms with van der Waals surface area (Å²) in [5.74, 6) is -2.07. The van der Waals surface area contributed by atoms with E-state index in [4.69, 9.17) is 10.8 Å². The minimum Gasteiger partial charge on any atom is -0.478 e. The molecule has 1 saturated carbocycles. The van der Waals surface area contributed by atoms with Crippen LogP contribution in [0.1, 0.15) is 43.0 Å². The van der Waals surface area contributed by atoms with E-state index >= 15 is 0 Å². The molecular formula is C13H17FN2O2. The summed E-state index contributed by atoms with van der Waals surface area (Å²) in [6.45, 7) is 2.07. The van der Waals surface area contributed by atoms with Gasteiger partial charge in [-0.25, -0.2) is 9.18 Å². The number of halogens is 1. The lowest BCUT2D eigenvalue weighted by atomic mass is 9.74. The van der Waals surface area contributed by atoms with Gasteiger partial charge >= 0.3 is 5.97 Å². The van der Waals surface area contributed by atoms with Crippen molar-refractivity contribution in [3.8, 4) is 0 Å². The molecule has 0 spiro atoms. The standard InChI is InChI=1S/C13H17FN2O2/c1-2-13(4-3-5-13)16-11-7-9(14)8(12(17)18)6-10(11)15/h6-7,16H,2-5,15H2,1H3,(H,17,18). The first-order chi connectivity index (χ1) is 8.47. The third-order valence-corrected chi connectivity index (χ3v) is 3.76. The molecule has 0 aromatic heterocycles. The van der Waals surface area contributed by atoms with Gasteiger partial charge in [0, 0.05) is 5.54 Å². The SMILES string of the molecule is CCC1(Nc2cc(F)c(C(=O)O)cc2N)CCC1. The van der Waals surface area contributed by atoms with Crippen LogP contribution in [0.2, 0.25) is 0 Å². The van der Waals surface area contributed by atoms with Crippen LogP contribution in [0.4, 0.5) is 15.8 Å². The smallest absolute Gasteiger partial charge is 0.338 e. The van der Waals surface area contributed by atoms with Crippen LogP contribution in [0.5, 0.6) is 0 Å². The largest absolute Gasteiger partial charge is 0.478 e. The van der Waals surface area contributed by atoms with Gasteiger partial charge in [-0.2, -0.15) is 0 Å². The van der Waals surface area contributed by atoms with Crippen molar-refractivity contribution in [2.24, 2.45) is 0 Å². The van der Waals surface area contributed by atoms with E-state index in [2.05, 4.69) is 12.2 Å². The van der Waals surface area contributed by atoms with Crippen LogP contribution in [0.3, 0.4) is 0 Å². The Bertz CT molecular complexity index is 479. The highest BCUT2D eigenvalue weighted by Gasteiger charge is 2.35. The molecule has 0 radical (unpaired) electrons. The Labute approximate surface area is 105 Å². The van der Waals surface area contributed by atoms with Gasteiger partial charge in [0.25, 0.3) is 0 Å². The fourth-order valence-corrected chi connectivity index (χ4v) is 2.32. The minimum absolute atomic E-state index is 0.00863. The van der Waals surface area contributed by atoms with Crippen molar-refractivity contribution >= 4 is 17.3 Å². The molecule has 0 bridgehead atoms. The normalized spacial score (nSPS) is 17.0. The zero-order valence-electron chi connectivity index (χ0n) is 10.3. The van der Waals surface area contributed by atoms with Crippen LogP contribution >= 0.6 is 0 Å². The fraction of sp³-hybridized carbons (Fsp3) is 0.462. The molecular weight excluding hydrogens is 235 g/mol. The average Bonchev–Trinajstić information content (AvgIpc) is 2.27. The van der Waals surface area contributed by atoms with Crippen molar-refractivity contribution in [3.63, 3.8) is 0 Å². The highest BCUT2D eigenvalue weighted by Crippen LogP contribution is 2.39. The summed E-state index contributed by atoms with van der Waals surface area (Å²) in [4.78, 5) is 10.8. The van der Waals surface area contributed by atoms with Gasteiger partial charge < -0.3 is 16.2 Å². The maximum absolute atomic E-state index is 13.6. The number of carboxylic acid groups (broad SMARTS) is 1. The Balaban J connectivity index is 2.29. The van der Waals surface area contributed by atoms with Gasteiger partial charge in [-0.05, 0) is 37.8 Å². The monoisotopic (exact) mass is 252 g/mol. The number of anilines is 2. The second-order valence-electron chi connectivity index (χ2n) is 4.84. The number of rotatable bonds is 4. The van der Waals surface area contributed by atoms with Crippen molar-refractivity contribution in [2.45, 2.75) is 38.1 Å². The van der Waals surface area contributed by atoms with Crippen molar-refractivity contribution < 1.29 is 14.3 Å². The van der Waals surface area contributed by atoms with Gasteiger partial charge in [-0.15, -0.1) is 0 Å². The molecule has 18 heavy (non-hydrogen) atoms. The molecule has 1 aromatic rings. The highest BCUT2D eigenvalue weighted by atomic mass is 19.1. The molecule has 4 nitrogen and oxygen atoms in total. The van der Waals surface area contributed by atoms with E-state index in [1.165, 1.54) is 12.1 Å². The summed E-state index contributed by atoms with van der Waals surface area (Å²) in [5, 5.41) is 12.1. The van der Waals surface area contributed by atoms with Crippen LogP contribution in [0.25, 0.3) is 0 Å². The molecule has 0 heterocycles. The Hall–Kier alpha value is -1.78. The van der Waals surface area contributed by atoms with E-state index in [-0.39, 0.29) is 11.2 Å². The molecule has 2 rings (SSSR count). The summed E-state index contributed by atoms with van der Waals surface area (Å²) < 4.78 is 13.6. The van der Waals surface area contributed by atoms with Crippen LogP contribution in [0.15, 0.2) is 12.1 Å². The summed E-state index contributed by atoms with van der Waals surface area (Å²) >= 11 is 0. The van der Waals surface area contributed by atoms with Crippen LogP contribution in [-0.2, 0) is 0 Å². The second kappa shape index (κ2) is 4.48. The van der Waals surface area contributed by atoms with E-state index in [1.807, 2.05) is 0 Å². The zero-order chi connectivity index (χ0) is 13.3. The quantitative estimate of drug-likeness (QED) is 0.720. The van der Waals surface area contributed by atoms with Gasteiger partial charge in [0.2, 0.25) is 0 Å². The highest BCUT2D eigenvalue weighted by molar-refractivity contribution is 5.90. The molecule has 0 amide bonds. The number of carbonyl (C=O) groups is 1. The first kappa shape index (κ1) is 12.7. The molecule has 0 atom stereocenters. The number of nitrogens with one attached hydrogen (secondary N) is 1. The number of benzene rings is 1. The summed E-state index contributed by atoms with van der Waals surface area (Å²) in [6.07, 6.45) is 4.15. The van der Waals surface area contributed by atoms with E-state index < -0.39 is 17.3 Å². The topological polar surface area (TPSA) is 75.3 Å². The maximum atomic E-state index is 13.6. The molecule has 1 aliphatic rings. The number of hydrogen-bond donors (Lipinski definition) is 3. The third-order valence-electron chi connectivity index (χ3n) is 3.76. The number of hydrogen-bond acceptors (Lipinski definition) is 3. The van der Waals surface area contributed by atoms with Crippen LogP contribution in [-0.4, -0.2) is 16.6 Å². The Morgan fingerprint density at radius 2 is 2.22 bits per heavy atom. The zero-order valence-corrected chi connectivity index (χ0v) is 10.3. The predicted octanol–water partition coefficient (Wildman–Crippen LogP) is 2.85. The van der Waals surface area contributed by atoms with E-state index in [1.54, 1.807) is 0 Å². The third kappa shape index (κ3) is 2.12. The average molecular weight is 252 g/mol. The molecule has 98 valence electrons. The summed E-state index contributed by atoms with van der Waals surface area (Å²) in [7, 11) is 0. The maximum Gasteiger partial charge on any atom is 0.338 e. The number of nitrogen functional groups attached to an aromatic ring is 1. The molecule has 0 unspecified atom stereocenters.